The van der Waals surface area contributed by atoms with Crippen LogP contribution in [0.4, 0.5) is 5.69 Å². The van der Waals surface area contributed by atoms with Crippen LogP contribution in [0, 0.1) is 5.41 Å². The first kappa shape index (κ1) is 13.9. The third-order valence-electron chi connectivity index (χ3n) is 3.81. The molecule has 0 heterocycles. The summed E-state index contributed by atoms with van der Waals surface area (Å²) in [5.74, 6) is 0.168. The van der Waals surface area contributed by atoms with Crippen molar-refractivity contribution in [3.8, 4) is 0 Å². The number of nitrogens with two attached hydrogens (primary N) is 1. The lowest BCUT2D eigenvalue weighted by Crippen LogP contribution is -2.36. The van der Waals surface area contributed by atoms with Gasteiger partial charge in [0.05, 0.1) is 5.41 Å². The Hall–Kier alpha value is -1.51. The summed E-state index contributed by atoms with van der Waals surface area (Å²) < 4.78 is 0. The molecule has 1 fully saturated rings. The van der Waals surface area contributed by atoms with Crippen LogP contribution in [0.2, 0.25) is 0 Å². The largest absolute Gasteiger partial charge is 0.399 e. The van der Waals surface area contributed by atoms with Gasteiger partial charge in [-0.2, -0.15) is 0 Å². The lowest BCUT2D eigenvalue weighted by atomic mass is 9.91. The zero-order chi connectivity index (χ0) is 14.1. The number of carbonyl (C=O) groups is 1. The standard InChI is InChI=1S/C16H24N2O/c1-15(2,3)10-11-18-14(19)16(8-9-16)12-4-6-13(17)7-5-12/h4-7H,8-11,17H2,1-3H3,(H,18,19). The minimum atomic E-state index is -0.286. The van der Waals surface area contributed by atoms with Crippen LogP contribution >= 0.6 is 0 Å². The van der Waals surface area contributed by atoms with Crippen molar-refractivity contribution in [2.24, 2.45) is 5.41 Å². The topological polar surface area (TPSA) is 55.1 Å². The predicted octanol–water partition coefficient (Wildman–Crippen LogP) is 2.85. The van der Waals surface area contributed by atoms with Crippen molar-refractivity contribution in [2.75, 3.05) is 12.3 Å². The van der Waals surface area contributed by atoms with Crippen molar-refractivity contribution in [1.82, 2.24) is 5.32 Å². The highest BCUT2D eigenvalue weighted by molar-refractivity contribution is 5.91. The van der Waals surface area contributed by atoms with Crippen LogP contribution in [0.25, 0.3) is 0 Å². The van der Waals surface area contributed by atoms with Crippen LogP contribution in [-0.4, -0.2) is 12.5 Å². The van der Waals surface area contributed by atoms with Crippen molar-refractivity contribution < 1.29 is 4.79 Å². The predicted molar refractivity (Wildman–Crippen MR) is 78.8 cm³/mol. The van der Waals surface area contributed by atoms with Gasteiger partial charge < -0.3 is 11.1 Å². The van der Waals surface area contributed by atoms with Gasteiger partial charge in [-0.05, 0) is 42.4 Å². The van der Waals surface area contributed by atoms with Gasteiger partial charge in [-0.3, -0.25) is 4.79 Å². The Labute approximate surface area is 115 Å². The number of carbonyl (C=O) groups excluding carboxylic acids is 1. The fraction of sp³-hybridized carbons (Fsp3) is 0.562. The van der Waals surface area contributed by atoms with E-state index < -0.39 is 0 Å². The minimum absolute atomic E-state index is 0.168. The first-order chi connectivity index (χ1) is 8.83. The lowest BCUT2D eigenvalue weighted by molar-refractivity contribution is -0.123. The molecule has 0 atom stereocenters. The molecule has 0 aromatic heterocycles. The van der Waals surface area contributed by atoms with Gasteiger partial charge in [-0.1, -0.05) is 32.9 Å². The molecular weight excluding hydrogens is 236 g/mol. The monoisotopic (exact) mass is 260 g/mol. The summed E-state index contributed by atoms with van der Waals surface area (Å²) in [6.07, 6.45) is 2.88. The second-order valence-electron chi connectivity index (χ2n) is 6.77. The van der Waals surface area contributed by atoms with E-state index in [1.165, 1.54) is 0 Å². The molecule has 1 aliphatic rings. The van der Waals surface area contributed by atoms with E-state index in [1.807, 2.05) is 24.3 Å². The maximum absolute atomic E-state index is 12.4. The molecule has 3 nitrogen and oxygen atoms in total. The second kappa shape index (κ2) is 4.87. The Kier molecular flexibility index (Phi) is 3.57. The Balaban J connectivity index is 1.97. The summed E-state index contributed by atoms with van der Waals surface area (Å²) in [6.45, 7) is 7.31. The first-order valence-electron chi connectivity index (χ1n) is 6.98. The molecule has 0 radical (unpaired) electrons. The smallest absolute Gasteiger partial charge is 0.230 e. The number of benzene rings is 1. The number of hydrogen-bond donors (Lipinski definition) is 2. The highest BCUT2D eigenvalue weighted by Crippen LogP contribution is 2.48. The van der Waals surface area contributed by atoms with Crippen LogP contribution in [0.3, 0.4) is 0 Å². The first-order valence-corrected chi connectivity index (χ1v) is 6.98. The molecule has 0 saturated heterocycles. The van der Waals surface area contributed by atoms with Crippen molar-refractivity contribution in [3.63, 3.8) is 0 Å². The summed E-state index contributed by atoms with van der Waals surface area (Å²) in [4.78, 5) is 12.4. The average molecular weight is 260 g/mol. The minimum Gasteiger partial charge on any atom is -0.399 e. The number of amides is 1. The van der Waals surface area contributed by atoms with E-state index in [-0.39, 0.29) is 16.7 Å². The molecule has 0 aliphatic heterocycles. The number of nitrogen functional groups attached to an aromatic ring is 1. The number of nitrogens with one attached hydrogen (secondary N) is 1. The third kappa shape index (κ3) is 3.28. The summed E-state index contributed by atoms with van der Waals surface area (Å²) in [6, 6.07) is 7.70. The molecule has 0 unspecified atom stereocenters. The fourth-order valence-electron chi connectivity index (χ4n) is 2.29. The number of anilines is 1. The van der Waals surface area contributed by atoms with Gasteiger partial charge in [0.2, 0.25) is 5.91 Å². The van der Waals surface area contributed by atoms with E-state index in [9.17, 15) is 4.79 Å². The van der Waals surface area contributed by atoms with Crippen molar-refractivity contribution in [3.05, 3.63) is 29.8 Å². The summed E-state index contributed by atoms with van der Waals surface area (Å²) in [5, 5.41) is 3.08. The SMILES string of the molecule is CC(C)(C)CCNC(=O)C1(c2ccc(N)cc2)CC1. The van der Waals surface area contributed by atoms with E-state index in [0.717, 1.165) is 37.1 Å². The van der Waals surface area contributed by atoms with Crippen LogP contribution in [0.15, 0.2) is 24.3 Å². The van der Waals surface area contributed by atoms with Crippen LogP contribution in [0.5, 0.6) is 0 Å². The Morgan fingerprint density at radius 2 is 1.84 bits per heavy atom. The zero-order valence-electron chi connectivity index (χ0n) is 12.1. The quantitative estimate of drug-likeness (QED) is 0.818. The molecule has 3 N–H and O–H groups in total. The second-order valence-corrected chi connectivity index (χ2v) is 6.77. The molecule has 2 rings (SSSR count). The van der Waals surface area contributed by atoms with Gasteiger partial charge in [0, 0.05) is 12.2 Å². The normalized spacial score (nSPS) is 17.0. The molecule has 0 bridgehead atoms. The van der Waals surface area contributed by atoms with Crippen LogP contribution in [0.1, 0.15) is 45.6 Å². The van der Waals surface area contributed by atoms with Gasteiger partial charge >= 0.3 is 0 Å². The highest BCUT2D eigenvalue weighted by atomic mass is 16.2. The zero-order valence-corrected chi connectivity index (χ0v) is 12.1. The molecular formula is C16H24N2O. The average Bonchev–Trinajstić information content (AvgIpc) is 3.09. The number of hydrogen-bond acceptors (Lipinski definition) is 2. The van der Waals surface area contributed by atoms with Gasteiger partial charge in [-0.25, -0.2) is 0 Å². The highest BCUT2D eigenvalue weighted by Gasteiger charge is 2.50. The van der Waals surface area contributed by atoms with E-state index in [4.69, 9.17) is 5.73 Å². The summed E-state index contributed by atoms with van der Waals surface area (Å²) >= 11 is 0. The molecule has 1 saturated carbocycles. The molecule has 1 aromatic carbocycles. The maximum atomic E-state index is 12.4. The lowest BCUT2D eigenvalue weighted by Gasteiger charge is -2.20. The van der Waals surface area contributed by atoms with Crippen LogP contribution < -0.4 is 11.1 Å². The third-order valence-corrected chi connectivity index (χ3v) is 3.81. The van der Waals surface area contributed by atoms with Crippen LogP contribution in [-0.2, 0) is 10.2 Å². The molecule has 3 heteroatoms. The van der Waals surface area contributed by atoms with Crippen molar-refractivity contribution >= 4 is 11.6 Å². The fourth-order valence-corrected chi connectivity index (χ4v) is 2.29. The van der Waals surface area contributed by atoms with E-state index in [1.54, 1.807) is 0 Å². The van der Waals surface area contributed by atoms with Gasteiger partial charge in [-0.15, -0.1) is 0 Å². The summed E-state index contributed by atoms with van der Waals surface area (Å²) in [5.41, 5.74) is 7.50. The molecule has 19 heavy (non-hydrogen) atoms. The molecule has 104 valence electrons. The molecule has 1 aromatic rings. The van der Waals surface area contributed by atoms with Crippen molar-refractivity contribution in [1.29, 1.82) is 0 Å². The Morgan fingerprint density at radius 1 is 1.26 bits per heavy atom. The van der Waals surface area contributed by atoms with Gasteiger partial charge in [0.15, 0.2) is 0 Å². The van der Waals surface area contributed by atoms with Gasteiger partial charge in [0.1, 0.15) is 0 Å². The maximum Gasteiger partial charge on any atom is 0.230 e. The molecule has 0 spiro atoms. The Morgan fingerprint density at radius 3 is 2.32 bits per heavy atom. The number of rotatable bonds is 4. The van der Waals surface area contributed by atoms with Gasteiger partial charge in [0.25, 0.3) is 0 Å². The van der Waals surface area contributed by atoms with E-state index in [0.29, 0.717) is 0 Å². The van der Waals surface area contributed by atoms with Crippen molar-refractivity contribution in [2.45, 2.75) is 45.4 Å². The van der Waals surface area contributed by atoms with E-state index >= 15 is 0 Å². The molecule has 1 amide bonds. The Bertz CT molecular complexity index is 453. The molecule has 1 aliphatic carbocycles. The summed E-state index contributed by atoms with van der Waals surface area (Å²) in [7, 11) is 0. The van der Waals surface area contributed by atoms with E-state index in [2.05, 4.69) is 26.1 Å².